The number of nitrogens with two attached hydrogens (primary N) is 1. The topological polar surface area (TPSA) is 85.1 Å². The molecule has 0 unspecified atom stereocenters. The normalized spacial score (nSPS) is 11.2. The van der Waals surface area contributed by atoms with E-state index in [9.17, 15) is 8.42 Å². The lowest BCUT2D eigenvalue weighted by atomic mass is 10.4. The van der Waals surface area contributed by atoms with Gasteiger partial charge in [-0.1, -0.05) is 12.1 Å². The van der Waals surface area contributed by atoms with Crippen molar-refractivity contribution >= 4 is 37.5 Å². The van der Waals surface area contributed by atoms with E-state index >= 15 is 0 Å². The molecule has 5 nitrogen and oxygen atoms in total. The van der Waals surface area contributed by atoms with Gasteiger partial charge in [-0.05, 0) is 40.2 Å². The average molecular weight is 328 g/mol. The molecule has 0 fully saturated rings. The van der Waals surface area contributed by atoms with E-state index in [0.29, 0.717) is 16.0 Å². The van der Waals surface area contributed by atoms with E-state index in [0.717, 1.165) is 0 Å². The van der Waals surface area contributed by atoms with Crippen LogP contribution in [0.2, 0.25) is 0 Å². The highest BCUT2D eigenvalue weighted by atomic mass is 79.9. The first-order chi connectivity index (χ1) is 8.49. The van der Waals surface area contributed by atoms with Crippen LogP contribution < -0.4 is 10.5 Å². The number of nitrogen functional groups attached to an aromatic ring is 1. The van der Waals surface area contributed by atoms with Gasteiger partial charge in [-0.2, -0.15) is 0 Å². The van der Waals surface area contributed by atoms with Gasteiger partial charge in [0.25, 0.3) is 10.0 Å². The Hall–Kier alpha value is -1.60. The van der Waals surface area contributed by atoms with Crippen LogP contribution in [0.25, 0.3) is 0 Å². The Morgan fingerprint density at radius 1 is 1.17 bits per heavy atom. The standard InChI is InChI=1S/C11H10BrN3O2S/c12-9-3-1-2-4-10(9)18(16,17)15-8-5-6-11(13)14-7-8/h1-7,15H,(H2,13,14). The molecule has 2 aromatic rings. The van der Waals surface area contributed by atoms with Gasteiger partial charge < -0.3 is 5.73 Å². The van der Waals surface area contributed by atoms with E-state index in [2.05, 4.69) is 25.6 Å². The molecule has 0 saturated heterocycles. The Morgan fingerprint density at radius 2 is 1.89 bits per heavy atom. The van der Waals surface area contributed by atoms with Crippen LogP contribution in [-0.4, -0.2) is 13.4 Å². The van der Waals surface area contributed by atoms with E-state index in [1.165, 1.54) is 18.3 Å². The molecule has 1 aromatic carbocycles. The SMILES string of the molecule is Nc1ccc(NS(=O)(=O)c2ccccc2Br)cn1. The summed E-state index contributed by atoms with van der Waals surface area (Å²) in [6.45, 7) is 0. The molecule has 0 bridgehead atoms. The molecule has 0 aliphatic rings. The molecular formula is C11H10BrN3O2S. The second-order valence-corrected chi connectivity index (χ2v) is 6.01. The van der Waals surface area contributed by atoms with Crippen molar-refractivity contribution in [2.75, 3.05) is 10.5 Å². The number of pyridine rings is 1. The molecule has 18 heavy (non-hydrogen) atoms. The summed E-state index contributed by atoms with van der Waals surface area (Å²) in [6.07, 6.45) is 1.36. The number of benzene rings is 1. The first-order valence-corrected chi connectivity index (χ1v) is 7.25. The fourth-order valence-electron chi connectivity index (χ4n) is 1.34. The van der Waals surface area contributed by atoms with Crippen LogP contribution in [0.15, 0.2) is 52.0 Å². The number of nitrogens with zero attached hydrogens (tertiary/aromatic N) is 1. The summed E-state index contributed by atoms with van der Waals surface area (Å²) in [6, 6.07) is 9.65. The van der Waals surface area contributed by atoms with E-state index in [1.54, 1.807) is 24.3 Å². The predicted octanol–water partition coefficient (Wildman–Crippen LogP) is 2.23. The van der Waals surface area contributed by atoms with Gasteiger partial charge in [-0.3, -0.25) is 4.72 Å². The van der Waals surface area contributed by atoms with Gasteiger partial charge in [-0.25, -0.2) is 13.4 Å². The Kier molecular flexibility index (Phi) is 3.53. The smallest absolute Gasteiger partial charge is 0.263 e. The molecule has 94 valence electrons. The van der Waals surface area contributed by atoms with Crippen LogP contribution in [0.4, 0.5) is 11.5 Å². The zero-order valence-corrected chi connectivity index (χ0v) is 11.6. The molecule has 3 N–H and O–H groups in total. The van der Waals surface area contributed by atoms with E-state index in [1.807, 2.05) is 0 Å². The number of hydrogen-bond acceptors (Lipinski definition) is 4. The monoisotopic (exact) mass is 327 g/mol. The van der Waals surface area contributed by atoms with Gasteiger partial charge in [0.1, 0.15) is 10.7 Å². The van der Waals surface area contributed by atoms with Gasteiger partial charge >= 0.3 is 0 Å². The third-order valence-electron chi connectivity index (χ3n) is 2.16. The Labute approximate surface area is 113 Å². The fraction of sp³-hybridized carbons (Fsp3) is 0. The van der Waals surface area contributed by atoms with Crippen molar-refractivity contribution in [3.05, 3.63) is 47.1 Å². The van der Waals surface area contributed by atoms with Crippen LogP contribution in [-0.2, 0) is 10.0 Å². The minimum absolute atomic E-state index is 0.168. The van der Waals surface area contributed by atoms with E-state index in [4.69, 9.17) is 5.73 Å². The molecular weight excluding hydrogens is 318 g/mol. The number of anilines is 2. The fourth-order valence-corrected chi connectivity index (χ4v) is 3.39. The second kappa shape index (κ2) is 4.95. The van der Waals surface area contributed by atoms with Crippen LogP contribution in [0.1, 0.15) is 0 Å². The quantitative estimate of drug-likeness (QED) is 0.905. The average Bonchev–Trinajstić information content (AvgIpc) is 2.32. The van der Waals surface area contributed by atoms with Crippen molar-refractivity contribution in [1.82, 2.24) is 4.98 Å². The largest absolute Gasteiger partial charge is 0.384 e. The summed E-state index contributed by atoms with van der Waals surface area (Å²) in [5.74, 6) is 0.332. The zero-order valence-electron chi connectivity index (χ0n) is 9.17. The maximum absolute atomic E-state index is 12.1. The summed E-state index contributed by atoms with van der Waals surface area (Å²) in [7, 11) is -3.63. The lowest BCUT2D eigenvalue weighted by Gasteiger charge is -2.09. The third-order valence-corrected chi connectivity index (χ3v) is 4.56. The Morgan fingerprint density at radius 3 is 2.50 bits per heavy atom. The van der Waals surface area contributed by atoms with Crippen molar-refractivity contribution in [3.8, 4) is 0 Å². The zero-order chi connectivity index (χ0) is 13.2. The third kappa shape index (κ3) is 2.80. The van der Waals surface area contributed by atoms with Gasteiger partial charge in [0.05, 0.1) is 11.9 Å². The summed E-state index contributed by atoms with van der Waals surface area (Å²) in [5, 5.41) is 0. The molecule has 1 heterocycles. The maximum Gasteiger partial charge on any atom is 0.263 e. The molecule has 0 aliphatic carbocycles. The first kappa shape index (κ1) is 12.8. The van der Waals surface area contributed by atoms with Crippen molar-refractivity contribution < 1.29 is 8.42 Å². The predicted molar refractivity (Wildman–Crippen MR) is 73.6 cm³/mol. The second-order valence-electron chi connectivity index (χ2n) is 3.51. The number of rotatable bonds is 3. The number of aromatic nitrogens is 1. The lowest BCUT2D eigenvalue weighted by Crippen LogP contribution is -2.13. The number of hydrogen-bond donors (Lipinski definition) is 2. The van der Waals surface area contributed by atoms with Crippen LogP contribution in [0, 0.1) is 0 Å². The van der Waals surface area contributed by atoms with Gasteiger partial charge in [0, 0.05) is 4.47 Å². The minimum Gasteiger partial charge on any atom is -0.384 e. The molecule has 7 heteroatoms. The molecule has 0 radical (unpaired) electrons. The van der Waals surface area contributed by atoms with Crippen molar-refractivity contribution in [2.24, 2.45) is 0 Å². The molecule has 0 amide bonds. The molecule has 0 aliphatic heterocycles. The van der Waals surface area contributed by atoms with Gasteiger partial charge in [0.15, 0.2) is 0 Å². The highest BCUT2D eigenvalue weighted by Crippen LogP contribution is 2.23. The van der Waals surface area contributed by atoms with Crippen molar-refractivity contribution in [3.63, 3.8) is 0 Å². The van der Waals surface area contributed by atoms with E-state index in [-0.39, 0.29) is 4.90 Å². The molecule has 0 saturated carbocycles. The van der Waals surface area contributed by atoms with Crippen LogP contribution in [0.3, 0.4) is 0 Å². The molecule has 0 spiro atoms. The summed E-state index contributed by atoms with van der Waals surface area (Å²) in [4.78, 5) is 3.99. The highest BCUT2D eigenvalue weighted by molar-refractivity contribution is 9.10. The maximum atomic E-state index is 12.1. The molecule has 1 aromatic heterocycles. The van der Waals surface area contributed by atoms with Crippen molar-refractivity contribution in [2.45, 2.75) is 4.90 Å². The molecule has 2 rings (SSSR count). The van der Waals surface area contributed by atoms with Crippen molar-refractivity contribution in [1.29, 1.82) is 0 Å². The Bertz CT molecular complexity index is 656. The van der Waals surface area contributed by atoms with Gasteiger partial charge in [0.2, 0.25) is 0 Å². The Balaban J connectivity index is 2.33. The van der Waals surface area contributed by atoms with E-state index < -0.39 is 10.0 Å². The van der Waals surface area contributed by atoms with Crippen LogP contribution in [0.5, 0.6) is 0 Å². The van der Waals surface area contributed by atoms with Crippen LogP contribution >= 0.6 is 15.9 Å². The highest BCUT2D eigenvalue weighted by Gasteiger charge is 2.17. The summed E-state index contributed by atoms with van der Waals surface area (Å²) >= 11 is 3.20. The number of sulfonamides is 1. The minimum atomic E-state index is -3.63. The lowest BCUT2D eigenvalue weighted by molar-refractivity contribution is 0.600. The first-order valence-electron chi connectivity index (χ1n) is 4.98. The molecule has 0 atom stereocenters. The number of nitrogens with one attached hydrogen (secondary N) is 1. The summed E-state index contributed by atoms with van der Waals surface area (Å²) in [5.41, 5.74) is 5.79. The number of halogens is 1. The van der Waals surface area contributed by atoms with Gasteiger partial charge in [-0.15, -0.1) is 0 Å². The summed E-state index contributed by atoms with van der Waals surface area (Å²) < 4.78 is 27.1.